The average molecular weight is 264 g/mol. The van der Waals surface area contributed by atoms with Gasteiger partial charge in [-0.1, -0.05) is 0 Å². The number of hydrogen-bond donors (Lipinski definition) is 2. The molecule has 0 radical (unpaired) electrons. The Morgan fingerprint density at radius 1 is 1.53 bits per heavy atom. The van der Waals surface area contributed by atoms with Crippen LogP contribution in [0.25, 0.3) is 0 Å². The molecular weight excluding hydrogens is 240 g/mol. The first kappa shape index (κ1) is 14.3. The lowest BCUT2D eigenvalue weighted by atomic mass is 9.94. The first-order valence-corrected chi connectivity index (χ1v) is 7.26. The smallest absolute Gasteiger partial charge is 0.224 e. The van der Waals surface area contributed by atoms with Gasteiger partial charge in [-0.15, -0.1) is 0 Å². The maximum absolute atomic E-state index is 12.0. The van der Waals surface area contributed by atoms with E-state index >= 15 is 0 Å². The molecule has 0 bridgehead atoms. The molecule has 19 heavy (non-hydrogen) atoms. The van der Waals surface area contributed by atoms with Crippen LogP contribution in [-0.2, 0) is 4.79 Å². The second-order valence-electron chi connectivity index (χ2n) is 5.99. The maximum atomic E-state index is 12.0. The van der Waals surface area contributed by atoms with Gasteiger partial charge in [-0.3, -0.25) is 4.79 Å². The molecule has 2 rings (SSSR count). The van der Waals surface area contributed by atoms with Crippen molar-refractivity contribution in [2.75, 3.05) is 32.7 Å². The second kappa shape index (κ2) is 6.36. The molecule has 0 aromatic heterocycles. The van der Waals surface area contributed by atoms with Crippen LogP contribution in [0.2, 0.25) is 0 Å². The van der Waals surface area contributed by atoms with E-state index in [-0.39, 0.29) is 17.2 Å². The molecule has 106 valence electrons. The highest BCUT2D eigenvalue weighted by Gasteiger charge is 2.44. The first-order valence-electron chi connectivity index (χ1n) is 7.26. The van der Waals surface area contributed by atoms with E-state index in [9.17, 15) is 4.79 Å². The van der Waals surface area contributed by atoms with Gasteiger partial charge in [-0.2, -0.15) is 5.26 Å². The highest BCUT2D eigenvalue weighted by atomic mass is 16.1. The Morgan fingerprint density at radius 3 is 2.95 bits per heavy atom. The lowest BCUT2D eigenvalue weighted by Gasteiger charge is -2.34. The van der Waals surface area contributed by atoms with E-state index < -0.39 is 0 Å². The molecule has 1 aliphatic carbocycles. The zero-order valence-electron chi connectivity index (χ0n) is 11.5. The summed E-state index contributed by atoms with van der Waals surface area (Å²) in [7, 11) is 0. The van der Waals surface area contributed by atoms with Crippen LogP contribution < -0.4 is 11.1 Å². The quantitative estimate of drug-likeness (QED) is 0.730. The Kier molecular flexibility index (Phi) is 4.78. The van der Waals surface area contributed by atoms with Gasteiger partial charge < -0.3 is 16.0 Å². The molecule has 1 saturated heterocycles. The molecule has 2 aliphatic rings. The summed E-state index contributed by atoms with van der Waals surface area (Å²) in [5, 5.41) is 11.7. The van der Waals surface area contributed by atoms with Crippen molar-refractivity contribution in [2.24, 2.45) is 17.1 Å². The minimum Gasteiger partial charge on any atom is -0.355 e. The summed E-state index contributed by atoms with van der Waals surface area (Å²) < 4.78 is 0. The number of hydrogen-bond acceptors (Lipinski definition) is 4. The number of piperidine rings is 1. The Labute approximate surface area is 115 Å². The number of nitrogens with one attached hydrogen (secondary N) is 1. The van der Waals surface area contributed by atoms with Crippen LogP contribution in [0.15, 0.2) is 0 Å². The van der Waals surface area contributed by atoms with Gasteiger partial charge in [-0.25, -0.2) is 0 Å². The van der Waals surface area contributed by atoms with Gasteiger partial charge in [0.1, 0.15) is 0 Å². The van der Waals surface area contributed by atoms with Gasteiger partial charge in [0, 0.05) is 32.6 Å². The molecule has 1 saturated carbocycles. The summed E-state index contributed by atoms with van der Waals surface area (Å²) in [6, 6.07) is 2.30. The predicted molar refractivity (Wildman–Crippen MR) is 73.1 cm³/mol. The van der Waals surface area contributed by atoms with Crippen LogP contribution in [0, 0.1) is 22.7 Å². The summed E-state index contributed by atoms with van der Waals surface area (Å²) in [4.78, 5) is 14.3. The van der Waals surface area contributed by atoms with Gasteiger partial charge >= 0.3 is 0 Å². The molecule has 1 atom stereocenters. The van der Waals surface area contributed by atoms with Crippen LogP contribution in [0.4, 0.5) is 0 Å². The monoisotopic (exact) mass is 264 g/mol. The van der Waals surface area contributed by atoms with E-state index in [1.807, 2.05) is 0 Å². The SMILES string of the molecule is N#CCC1(CN2CCCC(C(=O)NCCN)C2)CC1. The molecular formula is C14H24N4O. The van der Waals surface area contributed by atoms with Crippen molar-refractivity contribution in [3.8, 4) is 6.07 Å². The summed E-state index contributed by atoms with van der Waals surface area (Å²) in [5.41, 5.74) is 5.64. The van der Waals surface area contributed by atoms with Crippen molar-refractivity contribution in [1.82, 2.24) is 10.2 Å². The Balaban J connectivity index is 1.80. The van der Waals surface area contributed by atoms with Crippen molar-refractivity contribution >= 4 is 5.91 Å². The van der Waals surface area contributed by atoms with Crippen molar-refractivity contribution in [2.45, 2.75) is 32.1 Å². The van der Waals surface area contributed by atoms with E-state index in [4.69, 9.17) is 11.0 Å². The number of carbonyl (C=O) groups is 1. The standard InChI is InChI=1S/C14H24N4O/c15-6-5-14(3-4-14)11-18-9-1-2-12(10-18)13(19)17-8-7-16/h12H,1-5,7-11,16H2,(H,17,19). The zero-order valence-corrected chi connectivity index (χ0v) is 11.5. The van der Waals surface area contributed by atoms with Gasteiger partial charge in [0.2, 0.25) is 5.91 Å². The Morgan fingerprint density at radius 2 is 2.32 bits per heavy atom. The van der Waals surface area contributed by atoms with Crippen molar-refractivity contribution in [3.63, 3.8) is 0 Å². The van der Waals surface area contributed by atoms with Crippen LogP contribution in [-0.4, -0.2) is 43.5 Å². The fourth-order valence-electron chi connectivity index (χ4n) is 2.96. The summed E-state index contributed by atoms with van der Waals surface area (Å²) >= 11 is 0. The fourth-order valence-corrected chi connectivity index (χ4v) is 2.96. The minimum absolute atomic E-state index is 0.0955. The van der Waals surface area contributed by atoms with Gasteiger partial charge in [0.25, 0.3) is 0 Å². The van der Waals surface area contributed by atoms with E-state index in [0.29, 0.717) is 19.5 Å². The maximum Gasteiger partial charge on any atom is 0.224 e. The highest BCUT2D eigenvalue weighted by molar-refractivity contribution is 5.78. The largest absolute Gasteiger partial charge is 0.355 e. The third kappa shape index (κ3) is 3.92. The molecule has 1 heterocycles. The summed E-state index contributed by atoms with van der Waals surface area (Å²) in [5.74, 6) is 0.235. The predicted octanol–water partition coefficient (Wildman–Crippen LogP) is 0.467. The summed E-state index contributed by atoms with van der Waals surface area (Å²) in [6.07, 6.45) is 5.04. The number of nitriles is 1. The third-order valence-corrected chi connectivity index (χ3v) is 4.29. The number of carbonyl (C=O) groups excluding carboxylic acids is 1. The Bertz CT molecular complexity index is 359. The van der Waals surface area contributed by atoms with Gasteiger partial charge in [0.05, 0.1) is 12.0 Å². The van der Waals surface area contributed by atoms with Gasteiger partial charge in [0.15, 0.2) is 0 Å². The molecule has 5 nitrogen and oxygen atoms in total. The normalized spacial score (nSPS) is 25.6. The summed E-state index contributed by atoms with van der Waals surface area (Å²) in [6.45, 7) is 3.94. The number of nitrogens with zero attached hydrogens (tertiary/aromatic N) is 2. The zero-order chi connectivity index (χ0) is 13.7. The number of nitrogens with two attached hydrogens (primary N) is 1. The highest BCUT2D eigenvalue weighted by Crippen LogP contribution is 2.49. The molecule has 0 aromatic carbocycles. The molecule has 3 N–H and O–H groups in total. The molecule has 5 heteroatoms. The second-order valence-corrected chi connectivity index (χ2v) is 5.99. The molecule has 1 unspecified atom stereocenters. The fraction of sp³-hybridized carbons (Fsp3) is 0.857. The first-order chi connectivity index (χ1) is 9.19. The minimum atomic E-state index is 0.0955. The van der Waals surface area contributed by atoms with Crippen LogP contribution in [0.1, 0.15) is 32.1 Å². The average Bonchev–Trinajstić information content (AvgIpc) is 3.16. The number of amides is 1. The van der Waals surface area contributed by atoms with E-state index in [2.05, 4.69) is 16.3 Å². The van der Waals surface area contributed by atoms with Crippen LogP contribution >= 0.6 is 0 Å². The molecule has 0 aromatic rings. The molecule has 2 fully saturated rings. The van der Waals surface area contributed by atoms with Gasteiger partial charge in [-0.05, 0) is 37.6 Å². The van der Waals surface area contributed by atoms with E-state index in [1.54, 1.807) is 0 Å². The Hall–Kier alpha value is -1.12. The third-order valence-electron chi connectivity index (χ3n) is 4.29. The van der Waals surface area contributed by atoms with Crippen molar-refractivity contribution in [3.05, 3.63) is 0 Å². The van der Waals surface area contributed by atoms with E-state index in [1.165, 1.54) is 12.8 Å². The lowest BCUT2D eigenvalue weighted by molar-refractivity contribution is -0.126. The molecule has 1 amide bonds. The van der Waals surface area contributed by atoms with Crippen LogP contribution in [0.5, 0.6) is 0 Å². The van der Waals surface area contributed by atoms with Crippen LogP contribution in [0.3, 0.4) is 0 Å². The number of likely N-dealkylation sites (tertiary alicyclic amines) is 1. The van der Waals surface area contributed by atoms with Crippen molar-refractivity contribution < 1.29 is 4.79 Å². The molecule has 1 aliphatic heterocycles. The topological polar surface area (TPSA) is 82.2 Å². The number of rotatable bonds is 6. The van der Waals surface area contributed by atoms with Crippen molar-refractivity contribution in [1.29, 1.82) is 5.26 Å². The lowest BCUT2D eigenvalue weighted by Crippen LogP contribution is -2.45. The van der Waals surface area contributed by atoms with E-state index in [0.717, 1.165) is 32.5 Å². The molecule has 0 spiro atoms.